The maximum atomic E-state index is 13.1. The second-order valence-electron chi connectivity index (χ2n) is 8.27. The fourth-order valence-electron chi connectivity index (χ4n) is 3.95. The maximum absolute atomic E-state index is 13.1. The largest absolute Gasteiger partial charge is 0.416 e. The molecule has 0 unspecified atom stereocenters. The summed E-state index contributed by atoms with van der Waals surface area (Å²) in [5.41, 5.74) is 0.965. The third-order valence-electron chi connectivity index (χ3n) is 5.76. The van der Waals surface area contributed by atoms with Crippen LogP contribution in [0.3, 0.4) is 0 Å². The van der Waals surface area contributed by atoms with Crippen molar-refractivity contribution in [3.63, 3.8) is 0 Å². The highest BCUT2D eigenvalue weighted by atomic mass is 19.4. The standard InChI is InChI=1S/C26H23F4N3O2/c27-20-8-6-17(7-9-20)16-31-25(35)22-15-21(10-11-23(22)33-12-1-2-13-33)32-24(34)18-4-3-5-19(14-18)26(28,29)30/h3-11,14-15H,1-2,12-13,16H2,(H,31,35)(H,32,34). The zero-order valence-electron chi connectivity index (χ0n) is 18.7. The second-order valence-corrected chi connectivity index (χ2v) is 8.27. The molecule has 2 amide bonds. The summed E-state index contributed by atoms with van der Waals surface area (Å²) in [4.78, 5) is 27.8. The number of nitrogens with one attached hydrogen (secondary N) is 2. The third kappa shape index (κ3) is 5.98. The van der Waals surface area contributed by atoms with E-state index in [0.29, 0.717) is 11.3 Å². The van der Waals surface area contributed by atoms with E-state index < -0.39 is 17.6 Å². The lowest BCUT2D eigenvalue weighted by Gasteiger charge is -2.22. The topological polar surface area (TPSA) is 61.4 Å². The molecule has 4 rings (SSSR count). The Kier molecular flexibility index (Phi) is 7.04. The van der Waals surface area contributed by atoms with Gasteiger partial charge in [0.15, 0.2) is 0 Å². The number of carbonyl (C=O) groups excluding carboxylic acids is 2. The van der Waals surface area contributed by atoms with Gasteiger partial charge < -0.3 is 15.5 Å². The minimum atomic E-state index is -4.57. The number of carbonyl (C=O) groups is 2. The van der Waals surface area contributed by atoms with Crippen LogP contribution in [0.4, 0.5) is 28.9 Å². The lowest BCUT2D eigenvalue weighted by atomic mass is 10.1. The van der Waals surface area contributed by atoms with Gasteiger partial charge in [-0.15, -0.1) is 0 Å². The number of alkyl halides is 3. The molecule has 0 radical (unpaired) electrons. The first-order chi connectivity index (χ1) is 16.7. The average molecular weight is 485 g/mol. The van der Waals surface area contributed by atoms with Crippen molar-refractivity contribution in [1.29, 1.82) is 0 Å². The minimum Gasteiger partial charge on any atom is -0.371 e. The van der Waals surface area contributed by atoms with E-state index in [1.165, 1.54) is 30.3 Å². The van der Waals surface area contributed by atoms with E-state index in [0.717, 1.165) is 43.6 Å². The molecule has 1 aliphatic rings. The number of nitrogens with zero attached hydrogens (tertiary/aromatic N) is 1. The second kappa shape index (κ2) is 10.2. The van der Waals surface area contributed by atoms with E-state index in [-0.39, 0.29) is 29.5 Å². The number of amides is 2. The molecule has 1 aliphatic heterocycles. The SMILES string of the molecule is O=C(Nc1ccc(N2CCCC2)c(C(=O)NCc2ccc(F)cc2)c1)c1cccc(C(F)(F)F)c1. The molecule has 5 nitrogen and oxygen atoms in total. The molecule has 0 atom stereocenters. The highest BCUT2D eigenvalue weighted by Crippen LogP contribution is 2.30. The van der Waals surface area contributed by atoms with Crippen LogP contribution in [-0.2, 0) is 12.7 Å². The van der Waals surface area contributed by atoms with Crippen LogP contribution in [0.5, 0.6) is 0 Å². The van der Waals surface area contributed by atoms with Gasteiger partial charge in [0.25, 0.3) is 11.8 Å². The third-order valence-corrected chi connectivity index (χ3v) is 5.76. The zero-order chi connectivity index (χ0) is 25.0. The number of anilines is 2. The van der Waals surface area contributed by atoms with Crippen LogP contribution in [0.25, 0.3) is 0 Å². The summed E-state index contributed by atoms with van der Waals surface area (Å²) in [6, 6.07) is 14.7. The maximum Gasteiger partial charge on any atom is 0.416 e. The van der Waals surface area contributed by atoms with Crippen LogP contribution in [0, 0.1) is 5.82 Å². The van der Waals surface area contributed by atoms with E-state index in [1.807, 2.05) is 0 Å². The van der Waals surface area contributed by atoms with Gasteiger partial charge >= 0.3 is 6.18 Å². The quantitative estimate of drug-likeness (QED) is 0.445. The summed E-state index contributed by atoms with van der Waals surface area (Å²) in [5.74, 6) is -1.48. The normalized spacial score (nSPS) is 13.5. The minimum absolute atomic E-state index is 0.147. The summed E-state index contributed by atoms with van der Waals surface area (Å²) >= 11 is 0. The van der Waals surface area contributed by atoms with Gasteiger partial charge in [0.1, 0.15) is 5.82 Å². The number of rotatable bonds is 6. The van der Waals surface area contributed by atoms with Gasteiger partial charge in [-0.1, -0.05) is 18.2 Å². The van der Waals surface area contributed by atoms with Crippen molar-refractivity contribution in [2.24, 2.45) is 0 Å². The van der Waals surface area contributed by atoms with Crippen LogP contribution in [0.2, 0.25) is 0 Å². The molecule has 182 valence electrons. The monoisotopic (exact) mass is 485 g/mol. The number of halogens is 4. The van der Waals surface area contributed by atoms with Gasteiger partial charge in [0.05, 0.1) is 11.1 Å². The molecule has 35 heavy (non-hydrogen) atoms. The molecule has 2 N–H and O–H groups in total. The predicted molar refractivity (Wildman–Crippen MR) is 125 cm³/mol. The molecule has 1 saturated heterocycles. The Bertz CT molecular complexity index is 1220. The van der Waals surface area contributed by atoms with Crippen molar-refractivity contribution in [2.75, 3.05) is 23.3 Å². The van der Waals surface area contributed by atoms with Gasteiger partial charge in [-0.2, -0.15) is 13.2 Å². The van der Waals surface area contributed by atoms with Crippen LogP contribution < -0.4 is 15.5 Å². The Morgan fingerprint density at radius 2 is 1.60 bits per heavy atom. The molecule has 9 heteroatoms. The number of hydrogen-bond donors (Lipinski definition) is 2. The average Bonchev–Trinajstić information content (AvgIpc) is 3.38. The predicted octanol–water partition coefficient (Wildman–Crippen LogP) is 5.63. The van der Waals surface area contributed by atoms with Gasteiger partial charge in [-0.05, 0) is 66.9 Å². The van der Waals surface area contributed by atoms with Gasteiger partial charge in [0.2, 0.25) is 0 Å². The van der Waals surface area contributed by atoms with E-state index in [1.54, 1.807) is 24.3 Å². The van der Waals surface area contributed by atoms with E-state index in [4.69, 9.17) is 0 Å². The van der Waals surface area contributed by atoms with E-state index in [2.05, 4.69) is 15.5 Å². The van der Waals surface area contributed by atoms with Gasteiger partial charge in [-0.3, -0.25) is 9.59 Å². The van der Waals surface area contributed by atoms with Crippen molar-refractivity contribution in [2.45, 2.75) is 25.6 Å². The van der Waals surface area contributed by atoms with Crippen molar-refractivity contribution in [1.82, 2.24) is 5.32 Å². The van der Waals surface area contributed by atoms with Crippen molar-refractivity contribution in [3.05, 3.63) is 94.8 Å². The molecular formula is C26H23F4N3O2. The van der Waals surface area contributed by atoms with Crippen LogP contribution in [-0.4, -0.2) is 24.9 Å². The van der Waals surface area contributed by atoms with Crippen LogP contribution in [0.1, 0.15) is 44.7 Å². The first-order valence-corrected chi connectivity index (χ1v) is 11.1. The van der Waals surface area contributed by atoms with E-state index in [9.17, 15) is 27.2 Å². The molecule has 1 heterocycles. The fourth-order valence-corrected chi connectivity index (χ4v) is 3.95. The fraction of sp³-hybridized carbons (Fsp3) is 0.231. The number of hydrogen-bond acceptors (Lipinski definition) is 3. The first-order valence-electron chi connectivity index (χ1n) is 11.1. The summed E-state index contributed by atoms with van der Waals surface area (Å²) in [6.45, 7) is 1.75. The highest BCUT2D eigenvalue weighted by Gasteiger charge is 2.31. The molecule has 3 aromatic rings. The molecule has 1 fully saturated rings. The van der Waals surface area contributed by atoms with Crippen LogP contribution >= 0.6 is 0 Å². The highest BCUT2D eigenvalue weighted by molar-refractivity contribution is 6.06. The lowest BCUT2D eigenvalue weighted by molar-refractivity contribution is -0.137. The number of benzene rings is 3. The van der Waals surface area contributed by atoms with Crippen molar-refractivity contribution in [3.8, 4) is 0 Å². The Hall–Kier alpha value is -3.88. The molecule has 0 bridgehead atoms. The Balaban J connectivity index is 1.55. The van der Waals surface area contributed by atoms with Gasteiger partial charge in [-0.25, -0.2) is 4.39 Å². The Morgan fingerprint density at radius 3 is 2.29 bits per heavy atom. The molecule has 0 saturated carbocycles. The molecular weight excluding hydrogens is 462 g/mol. The Labute approximate surface area is 199 Å². The molecule has 0 aromatic heterocycles. The van der Waals surface area contributed by atoms with Gasteiger partial charge in [0, 0.05) is 36.6 Å². The first kappa shape index (κ1) is 24.3. The van der Waals surface area contributed by atoms with E-state index >= 15 is 0 Å². The van der Waals surface area contributed by atoms with Crippen molar-refractivity contribution >= 4 is 23.2 Å². The molecule has 3 aromatic carbocycles. The lowest BCUT2D eigenvalue weighted by Crippen LogP contribution is -2.27. The molecule has 0 spiro atoms. The smallest absolute Gasteiger partial charge is 0.371 e. The summed E-state index contributed by atoms with van der Waals surface area (Å²) in [6.07, 6.45) is -2.58. The molecule has 0 aliphatic carbocycles. The summed E-state index contributed by atoms with van der Waals surface area (Å²) in [5, 5.41) is 5.39. The van der Waals surface area contributed by atoms with Crippen LogP contribution in [0.15, 0.2) is 66.7 Å². The summed E-state index contributed by atoms with van der Waals surface area (Å²) in [7, 11) is 0. The zero-order valence-corrected chi connectivity index (χ0v) is 18.7. The van der Waals surface area contributed by atoms with Crippen molar-refractivity contribution < 1.29 is 27.2 Å². The Morgan fingerprint density at radius 1 is 0.886 bits per heavy atom. The summed E-state index contributed by atoms with van der Waals surface area (Å²) < 4.78 is 52.2.